The van der Waals surface area contributed by atoms with Crippen molar-refractivity contribution in [3.05, 3.63) is 29.8 Å². The van der Waals surface area contributed by atoms with Crippen LogP contribution in [0.4, 0.5) is 17.6 Å². The van der Waals surface area contributed by atoms with Gasteiger partial charge in [0.25, 0.3) is 0 Å². The standard InChI is InChI=1S/C15H21N5O/c1-5-16-13-18-14(20-15(19-13)21-10(2)3)17-12-9-7-6-8-11(12)4/h6-10H,5H2,1-4H3,(H2,16,17,18,19,20). The zero-order valence-corrected chi connectivity index (χ0v) is 12.8. The molecule has 0 saturated carbocycles. The van der Waals surface area contributed by atoms with E-state index in [1.54, 1.807) is 0 Å². The smallest absolute Gasteiger partial charge is 0.323 e. The van der Waals surface area contributed by atoms with Gasteiger partial charge in [-0.3, -0.25) is 0 Å². The molecule has 0 radical (unpaired) electrons. The molecule has 0 unspecified atom stereocenters. The van der Waals surface area contributed by atoms with Crippen molar-refractivity contribution in [1.29, 1.82) is 0 Å². The van der Waals surface area contributed by atoms with Gasteiger partial charge >= 0.3 is 6.01 Å². The van der Waals surface area contributed by atoms with Crippen molar-refractivity contribution in [2.75, 3.05) is 17.2 Å². The Balaban J connectivity index is 2.29. The summed E-state index contributed by atoms with van der Waals surface area (Å²) in [6, 6.07) is 8.28. The van der Waals surface area contributed by atoms with Gasteiger partial charge in [-0.25, -0.2) is 0 Å². The van der Waals surface area contributed by atoms with Gasteiger partial charge < -0.3 is 15.4 Å². The minimum atomic E-state index is 0.00758. The average molecular weight is 287 g/mol. The number of aromatic nitrogens is 3. The number of para-hydroxylation sites is 1. The monoisotopic (exact) mass is 287 g/mol. The molecule has 2 rings (SSSR count). The van der Waals surface area contributed by atoms with Crippen molar-refractivity contribution >= 4 is 17.6 Å². The van der Waals surface area contributed by atoms with Crippen molar-refractivity contribution in [2.24, 2.45) is 0 Å². The molecule has 1 aromatic heterocycles. The highest BCUT2D eigenvalue weighted by Crippen LogP contribution is 2.20. The normalized spacial score (nSPS) is 10.5. The number of anilines is 3. The molecular weight excluding hydrogens is 266 g/mol. The van der Waals surface area contributed by atoms with Crippen LogP contribution >= 0.6 is 0 Å². The number of nitrogens with one attached hydrogen (secondary N) is 2. The SMILES string of the molecule is CCNc1nc(Nc2ccccc2C)nc(OC(C)C)n1. The Kier molecular flexibility index (Phi) is 4.92. The van der Waals surface area contributed by atoms with Crippen LogP contribution in [0.15, 0.2) is 24.3 Å². The predicted octanol–water partition coefficient (Wildman–Crippen LogP) is 3.14. The summed E-state index contributed by atoms with van der Waals surface area (Å²) in [5.74, 6) is 0.963. The van der Waals surface area contributed by atoms with Gasteiger partial charge in [-0.1, -0.05) is 18.2 Å². The van der Waals surface area contributed by atoms with E-state index in [2.05, 4.69) is 25.6 Å². The number of hydrogen-bond donors (Lipinski definition) is 2. The van der Waals surface area contributed by atoms with Gasteiger partial charge in [0, 0.05) is 12.2 Å². The fourth-order valence-electron chi connectivity index (χ4n) is 1.75. The van der Waals surface area contributed by atoms with E-state index >= 15 is 0 Å². The Morgan fingerprint density at radius 1 is 1.10 bits per heavy atom. The molecule has 0 atom stereocenters. The lowest BCUT2D eigenvalue weighted by atomic mass is 10.2. The first-order chi connectivity index (χ1) is 10.1. The molecule has 6 nitrogen and oxygen atoms in total. The molecule has 2 aromatic rings. The summed E-state index contributed by atoms with van der Waals surface area (Å²) < 4.78 is 5.57. The topological polar surface area (TPSA) is 72.0 Å². The first-order valence-corrected chi connectivity index (χ1v) is 7.07. The van der Waals surface area contributed by atoms with E-state index in [4.69, 9.17) is 4.74 Å². The summed E-state index contributed by atoms with van der Waals surface area (Å²) in [5, 5.41) is 6.28. The van der Waals surface area contributed by atoms with E-state index in [-0.39, 0.29) is 6.10 Å². The Bertz CT molecular complexity index is 600. The summed E-state index contributed by atoms with van der Waals surface area (Å²) in [7, 11) is 0. The van der Waals surface area contributed by atoms with Gasteiger partial charge in [-0.2, -0.15) is 15.0 Å². The highest BCUT2D eigenvalue weighted by atomic mass is 16.5. The van der Waals surface area contributed by atoms with Crippen molar-refractivity contribution in [1.82, 2.24) is 15.0 Å². The van der Waals surface area contributed by atoms with Gasteiger partial charge in [0.15, 0.2) is 0 Å². The van der Waals surface area contributed by atoms with Crippen LogP contribution in [0.1, 0.15) is 26.3 Å². The molecule has 0 aliphatic heterocycles. The first-order valence-electron chi connectivity index (χ1n) is 7.07. The zero-order chi connectivity index (χ0) is 15.2. The fourth-order valence-corrected chi connectivity index (χ4v) is 1.75. The van der Waals surface area contributed by atoms with Crippen LogP contribution < -0.4 is 15.4 Å². The average Bonchev–Trinajstić information content (AvgIpc) is 2.41. The first kappa shape index (κ1) is 15.0. The van der Waals surface area contributed by atoms with Crippen LogP contribution in [0.5, 0.6) is 6.01 Å². The quantitative estimate of drug-likeness (QED) is 0.850. The third kappa shape index (κ3) is 4.30. The van der Waals surface area contributed by atoms with Crippen LogP contribution in [0.2, 0.25) is 0 Å². The predicted molar refractivity (Wildman–Crippen MR) is 84.2 cm³/mol. The van der Waals surface area contributed by atoms with Crippen molar-refractivity contribution in [3.63, 3.8) is 0 Å². The summed E-state index contributed by atoms with van der Waals surface area (Å²) in [6.45, 7) is 8.62. The molecule has 1 aromatic carbocycles. The molecule has 6 heteroatoms. The number of aryl methyl sites for hydroxylation is 1. The van der Waals surface area contributed by atoms with Crippen LogP contribution in [0.3, 0.4) is 0 Å². The lowest BCUT2D eigenvalue weighted by molar-refractivity contribution is 0.222. The summed E-state index contributed by atoms with van der Waals surface area (Å²) in [4.78, 5) is 12.9. The van der Waals surface area contributed by atoms with Gasteiger partial charge in [-0.05, 0) is 39.3 Å². The van der Waals surface area contributed by atoms with E-state index < -0.39 is 0 Å². The number of hydrogen-bond acceptors (Lipinski definition) is 6. The van der Waals surface area contributed by atoms with Crippen molar-refractivity contribution in [3.8, 4) is 6.01 Å². The van der Waals surface area contributed by atoms with E-state index in [0.29, 0.717) is 17.9 Å². The van der Waals surface area contributed by atoms with Crippen LogP contribution in [-0.4, -0.2) is 27.6 Å². The number of ether oxygens (including phenoxy) is 1. The molecular formula is C15H21N5O. The zero-order valence-electron chi connectivity index (χ0n) is 12.8. The molecule has 0 fully saturated rings. The molecule has 0 amide bonds. The molecule has 2 N–H and O–H groups in total. The highest BCUT2D eigenvalue weighted by molar-refractivity contribution is 5.58. The minimum absolute atomic E-state index is 0.00758. The van der Waals surface area contributed by atoms with Gasteiger partial charge in [0.05, 0.1) is 6.10 Å². The van der Waals surface area contributed by atoms with Crippen LogP contribution in [0, 0.1) is 6.92 Å². The fraction of sp³-hybridized carbons (Fsp3) is 0.400. The Morgan fingerprint density at radius 3 is 2.48 bits per heavy atom. The van der Waals surface area contributed by atoms with Gasteiger partial charge in [0.1, 0.15) is 0 Å². The molecule has 1 heterocycles. The molecule has 0 spiro atoms. The maximum atomic E-state index is 5.57. The molecule has 0 aliphatic rings. The second-order valence-electron chi connectivity index (χ2n) is 4.90. The number of rotatable bonds is 6. The van der Waals surface area contributed by atoms with Crippen LogP contribution in [-0.2, 0) is 0 Å². The van der Waals surface area contributed by atoms with E-state index in [0.717, 1.165) is 17.8 Å². The van der Waals surface area contributed by atoms with E-state index in [1.807, 2.05) is 52.0 Å². The lowest BCUT2D eigenvalue weighted by Crippen LogP contribution is -2.13. The minimum Gasteiger partial charge on any atom is -0.461 e. The highest BCUT2D eigenvalue weighted by Gasteiger charge is 2.09. The number of benzene rings is 1. The summed E-state index contributed by atoms with van der Waals surface area (Å²) >= 11 is 0. The third-order valence-corrected chi connectivity index (χ3v) is 2.68. The Morgan fingerprint density at radius 2 is 1.81 bits per heavy atom. The van der Waals surface area contributed by atoms with Crippen molar-refractivity contribution < 1.29 is 4.74 Å². The molecule has 0 aliphatic carbocycles. The molecule has 112 valence electrons. The second kappa shape index (κ2) is 6.88. The lowest BCUT2D eigenvalue weighted by Gasteiger charge is -2.12. The van der Waals surface area contributed by atoms with Gasteiger partial charge in [-0.15, -0.1) is 0 Å². The largest absolute Gasteiger partial charge is 0.461 e. The number of nitrogens with zero attached hydrogens (tertiary/aromatic N) is 3. The maximum absolute atomic E-state index is 5.57. The van der Waals surface area contributed by atoms with E-state index in [9.17, 15) is 0 Å². The Hall–Kier alpha value is -2.37. The molecule has 0 saturated heterocycles. The third-order valence-electron chi connectivity index (χ3n) is 2.68. The molecule has 21 heavy (non-hydrogen) atoms. The molecule has 0 bridgehead atoms. The summed E-state index contributed by atoms with van der Waals surface area (Å²) in [5.41, 5.74) is 2.08. The van der Waals surface area contributed by atoms with Crippen molar-refractivity contribution in [2.45, 2.75) is 33.8 Å². The van der Waals surface area contributed by atoms with Crippen LogP contribution in [0.25, 0.3) is 0 Å². The second-order valence-corrected chi connectivity index (χ2v) is 4.90. The summed E-state index contributed by atoms with van der Waals surface area (Å²) in [6.07, 6.45) is 0.00758. The van der Waals surface area contributed by atoms with Gasteiger partial charge in [0.2, 0.25) is 11.9 Å². The van der Waals surface area contributed by atoms with E-state index in [1.165, 1.54) is 0 Å². The Labute approximate surface area is 125 Å². The maximum Gasteiger partial charge on any atom is 0.323 e.